The van der Waals surface area contributed by atoms with E-state index in [9.17, 15) is 18.5 Å². The van der Waals surface area contributed by atoms with Crippen molar-refractivity contribution >= 4 is 27.2 Å². The zero-order valence-electron chi connectivity index (χ0n) is 13.5. The highest BCUT2D eigenvalue weighted by Crippen LogP contribution is 2.37. The number of hydrogen-bond acceptors (Lipinski definition) is 5. The van der Waals surface area contributed by atoms with Crippen molar-refractivity contribution in [2.75, 3.05) is 11.5 Å². The average Bonchev–Trinajstić information content (AvgIpc) is 3.24. The summed E-state index contributed by atoms with van der Waals surface area (Å²) in [5, 5.41) is 15.4. The number of nitro groups is 1. The first-order valence-corrected chi connectivity index (χ1v) is 9.97. The number of non-ortho nitro benzene ring substituents is 1. The second-order valence-electron chi connectivity index (χ2n) is 6.54. The maximum Gasteiger partial charge on any atom is 0.270 e. The zero-order valence-corrected chi connectivity index (χ0v) is 14.3. The van der Waals surface area contributed by atoms with Gasteiger partial charge in [0, 0.05) is 12.1 Å². The van der Waals surface area contributed by atoms with Gasteiger partial charge in [0.2, 0.25) is 0 Å². The molecule has 1 fully saturated rings. The molecule has 1 aliphatic carbocycles. The molecule has 130 valence electrons. The molecule has 1 aromatic carbocycles. The number of nitrogens with zero attached hydrogens (tertiary/aromatic N) is 3. The third kappa shape index (κ3) is 2.97. The van der Waals surface area contributed by atoms with Gasteiger partial charge in [-0.2, -0.15) is 5.10 Å². The summed E-state index contributed by atoms with van der Waals surface area (Å²) in [6.45, 7) is 0. The van der Waals surface area contributed by atoms with Crippen LogP contribution in [0.4, 0.5) is 5.69 Å². The number of allylic oxidation sites excluding steroid dienone is 1. The molecular formula is C17H17N3O4S. The third-order valence-corrected chi connectivity index (χ3v) is 6.57. The molecule has 4 rings (SSSR count). The summed E-state index contributed by atoms with van der Waals surface area (Å²) >= 11 is 0. The summed E-state index contributed by atoms with van der Waals surface area (Å²) < 4.78 is 25.4. The molecule has 1 atom stereocenters. The highest BCUT2D eigenvalue weighted by atomic mass is 32.2. The Hall–Kier alpha value is -2.48. The van der Waals surface area contributed by atoms with E-state index in [0.29, 0.717) is 6.42 Å². The number of benzene rings is 1. The van der Waals surface area contributed by atoms with Crippen LogP contribution in [0, 0.1) is 10.1 Å². The lowest BCUT2D eigenvalue weighted by Crippen LogP contribution is -2.14. The van der Waals surface area contributed by atoms with Gasteiger partial charge in [0.25, 0.3) is 5.69 Å². The molecule has 1 aliphatic heterocycles. The van der Waals surface area contributed by atoms with Crippen LogP contribution in [0.5, 0.6) is 0 Å². The Morgan fingerprint density at radius 3 is 2.88 bits per heavy atom. The molecule has 2 aromatic rings. The summed E-state index contributed by atoms with van der Waals surface area (Å²) in [6.07, 6.45) is 6.03. The fraction of sp³-hybridized carbons (Fsp3) is 0.353. The topological polar surface area (TPSA) is 95.1 Å². The van der Waals surface area contributed by atoms with Gasteiger partial charge in [0.1, 0.15) is 0 Å². The van der Waals surface area contributed by atoms with Gasteiger partial charge in [-0.25, -0.2) is 8.42 Å². The lowest BCUT2D eigenvalue weighted by atomic mass is 10.1. The highest BCUT2D eigenvalue weighted by Gasteiger charge is 2.33. The Labute approximate surface area is 145 Å². The molecule has 0 bridgehead atoms. The van der Waals surface area contributed by atoms with Crippen molar-refractivity contribution in [1.82, 2.24) is 9.78 Å². The van der Waals surface area contributed by atoms with Crippen molar-refractivity contribution in [1.29, 1.82) is 0 Å². The van der Waals surface area contributed by atoms with Crippen molar-refractivity contribution in [2.45, 2.75) is 25.3 Å². The standard InChI is InChI=1S/C17H17N3O4S/c21-20(22)15-3-1-2-12(9-15)8-13-4-5-14-10-18-19(17(13)14)16-6-7-25(23,24)11-16/h1-3,8-10,16H,4-7,11H2/b13-8+/t16-/m1/s1. The Balaban J connectivity index is 1.71. The fourth-order valence-electron chi connectivity index (χ4n) is 3.64. The molecule has 0 radical (unpaired) electrons. The number of aromatic nitrogens is 2. The quantitative estimate of drug-likeness (QED) is 0.620. The van der Waals surface area contributed by atoms with Crippen molar-refractivity contribution in [3.63, 3.8) is 0 Å². The van der Waals surface area contributed by atoms with E-state index in [0.717, 1.165) is 35.2 Å². The molecule has 0 unspecified atom stereocenters. The van der Waals surface area contributed by atoms with E-state index in [1.807, 2.05) is 23.0 Å². The molecule has 7 nitrogen and oxygen atoms in total. The van der Waals surface area contributed by atoms with Crippen molar-refractivity contribution in [2.24, 2.45) is 0 Å². The van der Waals surface area contributed by atoms with Gasteiger partial charge in [-0.1, -0.05) is 12.1 Å². The molecule has 1 saturated heterocycles. The van der Waals surface area contributed by atoms with Crippen LogP contribution in [0.15, 0.2) is 30.5 Å². The van der Waals surface area contributed by atoms with Crippen LogP contribution in [0.1, 0.15) is 35.7 Å². The monoisotopic (exact) mass is 359 g/mol. The second kappa shape index (κ2) is 5.80. The molecule has 25 heavy (non-hydrogen) atoms. The molecule has 1 aromatic heterocycles. The smallest absolute Gasteiger partial charge is 0.261 e. The van der Waals surface area contributed by atoms with Gasteiger partial charge < -0.3 is 0 Å². The average molecular weight is 359 g/mol. The van der Waals surface area contributed by atoms with E-state index in [4.69, 9.17) is 0 Å². The van der Waals surface area contributed by atoms with Gasteiger partial charge in [-0.3, -0.25) is 14.8 Å². The van der Waals surface area contributed by atoms with E-state index >= 15 is 0 Å². The van der Waals surface area contributed by atoms with E-state index in [-0.39, 0.29) is 23.2 Å². The molecule has 2 heterocycles. The minimum absolute atomic E-state index is 0.0583. The number of rotatable bonds is 3. The predicted molar refractivity (Wildman–Crippen MR) is 93.8 cm³/mol. The molecule has 0 amide bonds. The Bertz CT molecular complexity index is 991. The summed E-state index contributed by atoms with van der Waals surface area (Å²) in [5.41, 5.74) is 3.97. The summed E-state index contributed by atoms with van der Waals surface area (Å²) in [5.74, 6) is 0.335. The number of aryl methyl sites for hydroxylation is 1. The van der Waals surface area contributed by atoms with Crippen molar-refractivity contribution in [3.05, 3.63) is 57.4 Å². The summed E-state index contributed by atoms with van der Waals surface area (Å²) in [4.78, 5) is 10.5. The number of nitro benzene ring substituents is 1. The minimum atomic E-state index is -2.99. The Morgan fingerprint density at radius 2 is 2.16 bits per heavy atom. The lowest BCUT2D eigenvalue weighted by molar-refractivity contribution is -0.384. The molecule has 0 N–H and O–H groups in total. The first kappa shape index (κ1) is 16.0. The van der Waals surface area contributed by atoms with Crippen LogP contribution in [0.2, 0.25) is 0 Å². The van der Waals surface area contributed by atoms with Crippen LogP contribution in [0.3, 0.4) is 0 Å². The highest BCUT2D eigenvalue weighted by molar-refractivity contribution is 7.91. The van der Waals surface area contributed by atoms with Crippen LogP contribution in [-0.4, -0.2) is 34.6 Å². The maximum atomic E-state index is 11.8. The van der Waals surface area contributed by atoms with Crippen molar-refractivity contribution in [3.8, 4) is 0 Å². The molecule has 8 heteroatoms. The molecule has 0 spiro atoms. The van der Waals surface area contributed by atoms with Crippen LogP contribution in [0.25, 0.3) is 11.6 Å². The van der Waals surface area contributed by atoms with Gasteiger partial charge >= 0.3 is 0 Å². The first-order valence-electron chi connectivity index (χ1n) is 8.15. The fourth-order valence-corrected chi connectivity index (χ4v) is 5.33. The van der Waals surface area contributed by atoms with Crippen LogP contribution >= 0.6 is 0 Å². The molecule has 2 aliphatic rings. The van der Waals surface area contributed by atoms with E-state index < -0.39 is 14.8 Å². The van der Waals surface area contributed by atoms with Gasteiger partial charge in [0.15, 0.2) is 9.84 Å². The largest absolute Gasteiger partial charge is 0.270 e. The number of fused-ring (bicyclic) bond motifs is 1. The SMILES string of the molecule is O=[N+]([O-])c1cccc(/C=C2\CCc3cnn([C@@H]4CCS(=O)(=O)C4)c32)c1. The van der Waals surface area contributed by atoms with E-state index in [1.165, 1.54) is 6.07 Å². The lowest BCUT2D eigenvalue weighted by Gasteiger charge is -2.13. The van der Waals surface area contributed by atoms with Gasteiger partial charge in [0.05, 0.1) is 34.4 Å². The number of sulfone groups is 1. The number of hydrogen-bond donors (Lipinski definition) is 0. The first-order chi connectivity index (χ1) is 11.9. The van der Waals surface area contributed by atoms with E-state index in [2.05, 4.69) is 5.10 Å². The Morgan fingerprint density at radius 1 is 1.32 bits per heavy atom. The minimum Gasteiger partial charge on any atom is -0.261 e. The van der Waals surface area contributed by atoms with Crippen LogP contribution in [-0.2, 0) is 16.3 Å². The van der Waals surface area contributed by atoms with Crippen LogP contribution < -0.4 is 0 Å². The Kier molecular flexibility index (Phi) is 3.72. The molecule has 0 saturated carbocycles. The summed E-state index contributed by atoms with van der Waals surface area (Å²) in [6, 6.07) is 6.39. The predicted octanol–water partition coefficient (Wildman–Crippen LogP) is 2.64. The normalized spacial score (nSPS) is 23.0. The maximum absolute atomic E-state index is 11.8. The van der Waals surface area contributed by atoms with Crippen molar-refractivity contribution < 1.29 is 13.3 Å². The molecular weight excluding hydrogens is 342 g/mol. The summed E-state index contributed by atoms with van der Waals surface area (Å²) in [7, 11) is -2.99. The van der Waals surface area contributed by atoms with Gasteiger partial charge in [-0.05, 0) is 42.0 Å². The third-order valence-electron chi connectivity index (χ3n) is 4.82. The zero-order chi connectivity index (χ0) is 17.6. The van der Waals surface area contributed by atoms with Gasteiger partial charge in [-0.15, -0.1) is 0 Å². The second-order valence-corrected chi connectivity index (χ2v) is 8.77. The van der Waals surface area contributed by atoms with E-state index in [1.54, 1.807) is 12.1 Å².